The van der Waals surface area contributed by atoms with E-state index in [0.29, 0.717) is 5.92 Å². The van der Waals surface area contributed by atoms with Gasteiger partial charge in [-0.3, -0.25) is 4.79 Å². The van der Waals surface area contributed by atoms with Crippen molar-refractivity contribution in [2.45, 2.75) is 52.1 Å². The largest absolute Gasteiger partial charge is 0.497 e. The number of hydrogen-bond acceptors (Lipinski definition) is 2. The molecule has 2 rings (SSSR count). The third kappa shape index (κ3) is 5.33. The highest BCUT2D eigenvalue weighted by molar-refractivity contribution is 5.93. The number of quaternary nitrogens is 1. The van der Waals surface area contributed by atoms with Crippen LogP contribution in [0.5, 0.6) is 5.75 Å². The second-order valence-electron chi connectivity index (χ2n) is 7.03. The van der Waals surface area contributed by atoms with E-state index >= 15 is 0 Å². The molecule has 0 spiro atoms. The standard InChI is InChI=1S/C22H30N2O2/c1-6-21(18-9-13-20(26-5)14-10-18)23-16(4)22(25)24-19-11-7-17(8-12-19)15(2)3/h7-16,21,23H,6H2,1-5H3,(H,24,25)/p+1/t16-,21-/m1/s1. The smallest absolute Gasteiger partial charge is 0.282 e. The zero-order valence-corrected chi connectivity index (χ0v) is 16.5. The van der Waals surface area contributed by atoms with Gasteiger partial charge in [-0.1, -0.05) is 32.9 Å². The predicted molar refractivity (Wildman–Crippen MR) is 107 cm³/mol. The number of ether oxygens (including phenoxy) is 1. The molecular weight excluding hydrogens is 324 g/mol. The van der Waals surface area contributed by atoms with Crippen molar-refractivity contribution in [3.05, 3.63) is 59.7 Å². The van der Waals surface area contributed by atoms with Crippen molar-refractivity contribution in [3.8, 4) is 5.75 Å². The average molecular weight is 356 g/mol. The van der Waals surface area contributed by atoms with E-state index in [-0.39, 0.29) is 18.0 Å². The molecule has 2 aromatic rings. The maximum atomic E-state index is 12.6. The SMILES string of the molecule is CC[C@@H]([NH2+][C@H](C)C(=O)Nc1ccc(C(C)C)cc1)c1ccc(OC)cc1. The zero-order chi connectivity index (χ0) is 19.1. The zero-order valence-electron chi connectivity index (χ0n) is 16.5. The van der Waals surface area contributed by atoms with Crippen molar-refractivity contribution >= 4 is 11.6 Å². The quantitative estimate of drug-likeness (QED) is 0.755. The Hall–Kier alpha value is -2.33. The summed E-state index contributed by atoms with van der Waals surface area (Å²) >= 11 is 0. The van der Waals surface area contributed by atoms with E-state index in [4.69, 9.17) is 4.74 Å². The molecule has 26 heavy (non-hydrogen) atoms. The number of benzene rings is 2. The molecule has 0 aromatic heterocycles. The number of rotatable bonds is 8. The molecule has 0 aliphatic heterocycles. The molecule has 0 heterocycles. The van der Waals surface area contributed by atoms with Crippen molar-refractivity contribution in [3.63, 3.8) is 0 Å². The Bertz CT molecular complexity index is 693. The minimum Gasteiger partial charge on any atom is -0.497 e. The average Bonchev–Trinajstić information content (AvgIpc) is 2.66. The highest BCUT2D eigenvalue weighted by Crippen LogP contribution is 2.18. The molecule has 0 bridgehead atoms. The molecule has 0 unspecified atom stereocenters. The predicted octanol–water partition coefficient (Wildman–Crippen LogP) is 3.86. The number of amides is 1. The lowest BCUT2D eigenvalue weighted by molar-refractivity contribution is -0.713. The molecule has 4 nitrogen and oxygen atoms in total. The number of hydrogen-bond donors (Lipinski definition) is 2. The second kappa shape index (κ2) is 9.39. The summed E-state index contributed by atoms with van der Waals surface area (Å²) in [6.07, 6.45) is 0.951. The summed E-state index contributed by atoms with van der Waals surface area (Å²) < 4.78 is 5.22. The summed E-state index contributed by atoms with van der Waals surface area (Å²) in [5, 5.41) is 5.14. The third-order valence-corrected chi connectivity index (χ3v) is 4.76. The van der Waals surface area contributed by atoms with Crippen LogP contribution in [-0.2, 0) is 4.79 Å². The normalized spacial score (nSPS) is 13.3. The number of methoxy groups -OCH3 is 1. The Morgan fingerprint density at radius 3 is 2.08 bits per heavy atom. The monoisotopic (exact) mass is 355 g/mol. The summed E-state index contributed by atoms with van der Waals surface area (Å²) in [6.45, 7) is 8.41. The van der Waals surface area contributed by atoms with E-state index in [2.05, 4.69) is 55.7 Å². The van der Waals surface area contributed by atoms with Gasteiger partial charge >= 0.3 is 0 Å². The summed E-state index contributed by atoms with van der Waals surface area (Å²) in [6, 6.07) is 16.2. The van der Waals surface area contributed by atoms with Crippen molar-refractivity contribution < 1.29 is 14.8 Å². The molecule has 0 aliphatic carbocycles. The van der Waals surface area contributed by atoms with E-state index in [1.807, 2.05) is 31.2 Å². The Labute approximate surface area is 157 Å². The first-order chi connectivity index (χ1) is 12.4. The summed E-state index contributed by atoms with van der Waals surface area (Å²) in [5.74, 6) is 1.36. The summed E-state index contributed by atoms with van der Waals surface area (Å²) in [5.41, 5.74) is 3.32. The van der Waals surface area contributed by atoms with E-state index in [1.165, 1.54) is 11.1 Å². The van der Waals surface area contributed by atoms with Crippen molar-refractivity contribution in [1.82, 2.24) is 0 Å². The highest BCUT2D eigenvalue weighted by atomic mass is 16.5. The van der Waals surface area contributed by atoms with E-state index in [9.17, 15) is 4.79 Å². The van der Waals surface area contributed by atoms with Crippen LogP contribution in [0.15, 0.2) is 48.5 Å². The topological polar surface area (TPSA) is 54.9 Å². The Kier molecular flexibility index (Phi) is 7.22. The molecule has 1 amide bonds. The Morgan fingerprint density at radius 2 is 1.58 bits per heavy atom. The minimum absolute atomic E-state index is 0.0225. The molecule has 140 valence electrons. The van der Waals surface area contributed by atoms with Gasteiger partial charge in [-0.25, -0.2) is 0 Å². The molecule has 0 aliphatic rings. The van der Waals surface area contributed by atoms with Crippen molar-refractivity contribution in [2.75, 3.05) is 12.4 Å². The third-order valence-electron chi connectivity index (χ3n) is 4.76. The first-order valence-corrected chi connectivity index (χ1v) is 9.34. The summed E-state index contributed by atoms with van der Waals surface area (Å²) in [4.78, 5) is 12.6. The highest BCUT2D eigenvalue weighted by Gasteiger charge is 2.22. The van der Waals surface area contributed by atoms with Crippen LogP contribution in [0.3, 0.4) is 0 Å². The molecule has 3 N–H and O–H groups in total. The molecule has 0 saturated carbocycles. The van der Waals surface area contributed by atoms with Crippen LogP contribution in [0.2, 0.25) is 0 Å². The Morgan fingerprint density at radius 1 is 1.00 bits per heavy atom. The first kappa shape index (κ1) is 20.0. The maximum absolute atomic E-state index is 12.6. The maximum Gasteiger partial charge on any atom is 0.282 e. The van der Waals surface area contributed by atoms with E-state index < -0.39 is 0 Å². The lowest BCUT2D eigenvalue weighted by Crippen LogP contribution is -2.92. The fourth-order valence-corrected chi connectivity index (χ4v) is 2.98. The second-order valence-corrected chi connectivity index (χ2v) is 7.03. The van der Waals surface area contributed by atoms with Gasteiger partial charge in [0.2, 0.25) is 0 Å². The van der Waals surface area contributed by atoms with Crippen LogP contribution in [0.25, 0.3) is 0 Å². The molecular formula is C22H31N2O2+. The van der Waals surface area contributed by atoms with Crippen LogP contribution in [-0.4, -0.2) is 19.1 Å². The van der Waals surface area contributed by atoms with Gasteiger partial charge in [0.15, 0.2) is 6.04 Å². The molecule has 4 heteroatoms. The van der Waals surface area contributed by atoms with Gasteiger partial charge in [0.05, 0.1) is 7.11 Å². The number of nitrogens with two attached hydrogens (primary N) is 1. The van der Waals surface area contributed by atoms with Gasteiger partial charge in [0.1, 0.15) is 11.8 Å². The number of carbonyl (C=O) groups excluding carboxylic acids is 1. The first-order valence-electron chi connectivity index (χ1n) is 9.34. The molecule has 2 aromatic carbocycles. The minimum atomic E-state index is -0.174. The lowest BCUT2D eigenvalue weighted by Gasteiger charge is -2.19. The van der Waals surface area contributed by atoms with Crippen molar-refractivity contribution in [1.29, 1.82) is 0 Å². The van der Waals surface area contributed by atoms with Gasteiger partial charge in [-0.2, -0.15) is 0 Å². The number of nitrogens with one attached hydrogen (secondary N) is 1. The summed E-state index contributed by atoms with van der Waals surface area (Å²) in [7, 11) is 1.67. The number of carbonyl (C=O) groups is 1. The fraction of sp³-hybridized carbons (Fsp3) is 0.409. The van der Waals surface area contributed by atoms with E-state index in [1.54, 1.807) is 7.11 Å². The molecule has 0 radical (unpaired) electrons. The molecule has 2 atom stereocenters. The Balaban J connectivity index is 1.97. The van der Waals surface area contributed by atoms with Gasteiger partial charge in [-0.15, -0.1) is 0 Å². The molecule has 0 saturated heterocycles. The van der Waals surface area contributed by atoms with Crippen LogP contribution >= 0.6 is 0 Å². The van der Waals surface area contributed by atoms with Gasteiger partial charge < -0.3 is 15.4 Å². The van der Waals surface area contributed by atoms with Crippen LogP contribution in [0.4, 0.5) is 5.69 Å². The van der Waals surface area contributed by atoms with Gasteiger partial charge in [-0.05, 0) is 54.8 Å². The van der Waals surface area contributed by atoms with E-state index in [0.717, 1.165) is 17.9 Å². The fourth-order valence-electron chi connectivity index (χ4n) is 2.98. The van der Waals surface area contributed by atoms with Crippen LogP contribution < -0.4 is 15.4 Å². The molecule has 0 fully saturated rings. The van der Waals surface area contributed by atoms with Gasteiger partial charge in [0.25, 0.3) is 5.91 Å². The number of anilines is 1. The van der Waals surface area contributed by atoms with Crippen LogP contribution in [0.1, 0.15) is 57.2 Å². The van der Waals surface area contributed by atoms with Crippen LogP contribution in [0, 0.1) is 0 Å². The lowest BCUT2D eigenvalue weighted by atomic mass is 10.0. The van der Waals surface area contributed by atoms with Gasteiger partial charge in [0, 0.05) is 17.7 Å². The van der Waals surface area contributed by atoms with Crippen molar-refractivity contribution in [2.24, 2.45) is 0 Å².